The van der Waals surface area contributed by atoms with Crippen molar-refractivity contribution in [3.8, 4) is 0 Å². The fraction of sp³-hybridized carbons (Fsp3) is 0.571. The summed E-state index contributed by atoms with van der Waals surface area (Å²) in [5.41, 5.74) is 6.21. The van der Waals surface area contributed by atoms with Crippen LogP contribution in [0.25, 0.3) is 0 Å². The van der Waals surface area contributed by atoms with Crippen molar-refractivity contribution in [2.75, 3.05) is 0 Å². The van der Waals surface area contributed by atoms with E-state index in [-0.39, 0.29) is 6.10 Å². The summed E-state index contributed by atoms with van der Waals surface area (Å²) in [5, 5.41) is 10.1. The van der Waals surface area contributed by atoms with Crippen LogP contribution in [0.5, 0.6) is 0 Å². The molecule has 0 amide bonds. The Morgan fingerprint density at radius 2 is 1.53 bits per heavy atom. The smallest absolute Gasteiger partial charge is 0.0795 e. The van der Waals surface area contributed by atoms with Crippen LogP contribution < -0.4 is 0 Å². The first-order valence-electron chi connectivity index (χ1n) is 5.74. The lowest BCUT2D eigenvalue weighted by Crippen LogP contribution is -2.05. The lowest BCUT2D eigenvalue weighted by molar-refractivity contribution is 0.165. The second kappa shape index (κ2) is 4.80. The number of aliphatic hydroxyl groups is 1. The van der Waals surface area contributed by atoms with Gasteiger partial charge in [-0.15, -0.1) is 0 Å². The van der Waals surface area contributed by atoms with Crippen molar-refractivity contribution in [1.82, 2.24) is 0 Å². The molecular weight excluding hydrogens is 184 g/mol. The predicted octanol–water partition coefficient (Wildman–Crippen LogP) is 3.75. The van der Waals surface area contributed by atoms with Crippen molar-refractivity contribution in [2.45, 2.75) is 53.6 Å². The Hall–Kier alpha value is -0.820. The van der Waals surface area contributed by atoms with Gasteiger partial charge in [-0.25, -0.2) is 0 Å². The molecular formula is C14H22O. The summed E-state index contributed by atoms with van der Waals surface area (Å²) in [6.07, 6.45) is 1.58. The van der Waals surface area contributed by atoms with Gasteiger partial charge in [-0.2, -0.15) is 0 Å². The zero-order valence-corrected chi connectivity index (χ0v) is 10.5. The van der Waals surface area contributed by atoms with Crippen LogP contribution in [0, 0.1) is 27.7 Å². The third kappa shape index (κ3) is 2.40. The lowest BCUT2D eigenvalue weighted by Gasteiger charge is -2.19. The number of hydrogen-bond acceptors (Lipinski definition) is 1. The van der Waals surface area contributed by atoms with E-state index >= 15 is 0 Å². The van der Waals surface area contributed by atoms with Gasteiger partial charge in [-0.1, -0.05) is 19.4 Å². The molecule has 1 aromatic carbocycles. The highest BCUT2D eigenvalue weighted by atomic mass is 16.3. The molecule has 0 fully saturated rings. The van der Waals surface area contributed by atoms with Gasteiger partial charge in [0.05, 0.1) is 6.10 Å². The second-order valence-corrected chi connectivity index (χ2v) is 4.48. The van der Waals surface area contributed by atoms with Gasteiger partial charge in [0, 0.05) is 0 Å². The van der Waals surface area contributed by atoms with Gasteiger partial charge in [0.2, 0.25) is 0 Å². The summed E-state index contributed by atoms with van der Waals surface area (Å²) in [4.78, 5) is 0. The third-order valence-electron chi connectivity index (χ3n) is 3.32. The van der Waals surface area contributed by atoms with Gasteiger partial charge >= 0.3 is 0 Å². The van der Waals surface area contributed by atoms with Crippen LogP contribution in [0.3, 0.4) is 0 Å². The van der Waals surface area contributed by atoms with Gasteiger partial charge in [0.1, 0.15) is 0 Å². The molecule has 0 bridgehead atoms. The largest absolute Gasteiger partial charge is 0.388 e. The van der Waals surface area contributed by atoms with Gasteiger partial charge < -0.3 is 5.11 Å². The molecule has 84 valence electrons. The summed E-state index contributed by atoms with van der Waals surface area (Å²) < 4.78 is 0. The first-order chi connectivity index (χ1) is 6.99. The SMILES string of the molecule is CCCC(O)c1c(C)c(C)cc(C)c1C. The lowest BCUT2D eigenvalue weighted by atomic mass is 9.89. The highest BCUT2D eigenvalue weighted by Gasteiger charge is 2.15. The zero-order valence-electron chi connectivity index (χ0n) is 10.5. The quantitative estimate of drug-likeness (QED) is 0.798. The summed E-state index contributed by atoms with van der Waals surface area (Å²) in [6, 6.07) is 2.20. The molecule has 1 atom stereocenters. The molecule has 1 unspecified atom stereocenters. The van der Waals surface area contributed by atoms with Crippen LogP contribution in [-0.2, 0) is 0 Å². The van der Waals surface area contributed by atoms with Crippen LogP contribution in [0.4, 0.5) is 0 Å². The van der Waals surface area contributed by atoms with E-state index in [1.165, 1.54) is 22.3 Å². The van der Waals surface area contributed by atoms with Crippen molar-refractivity contribution in [1.29, 1.82) is 0 Å². The molecule has 0 saturated heterocycles. The highest BCUT2D eigenvalue weighted by Crippen LogP contribution is 2.29. The zero-order chi connectivity index (χ0) is 11.6. The number of hydrogen-bond donors (Lipinski definition) is 1. The van der Waals surface area contributed by atoms with Crippen molar-refractivity contribution < 1.29 is 5.11 Å². The van der Waals surface area contributed by atoms with Crippen molar-refractivity contribution in [3.63, 3.8) is 0 Å². The monoisotopic (exact) mass is 206 g/mol. The maximum Gasteiger partial charge on any atom is 0.0795 e. The fourth-order valence-electron chi connectivity index (χ4n) is 2.16. The average molecular weight is 206 g/mol. The Bertz CT molecular complexity index is 327. The molecule has 15 heavy (non-hydrogen) atoms. The van der Waals surface area contributed by atoms with E-state index in [1.54, 1.807) is 0 Å². The minimum Gasteiger partial charge on any atom is -0.388 e. The molecule has 1 heteroatoms. The first kappa shape index (κ1) is 12.3. The Morgan fingerprint density at radius 3 is 1.93 bits per heavy atom. The number of aliphatic hydroxyl groups excluding tert-OH is 1. The predicted molar refractivity (Wildman–Crippen MR) is 65.3 cm³/mol. The molecule has 0 aliphatic heterocycles. The van der Waals surface area contributed by atoms with E-state index in [1.807, 2.05) is 0 Å². The van der Waals surface area contributed by atoms with Gasteiger partial charge in [0.15, 0.2) is 0 Å². The fourth-order valence-corrected chi connectivity index (χ4v) is 2.16. The average Bonchev–Trinajstić information content (AvgIpc) is 2.16. The molecule has 0 spiro atoms. The van der Waals surface area contributed by atoms with E-state index in [4.69, 9.17) is 0 Å². The molecule has 0 radical (unpaired) electrons. The van der Waals surface area contributed by atoms with Crippen LogP contribution in [0.1, 0.15) is 53.7 Å². The van der Waals surface area contributed by atoms with E-state index in [2.05, 4.69) is 40.7 Å². The summed E-state index contributed by atoms with van der Waals surface area (Å²) in [7, 11) is 0. The number of rotatable bonds is 3. The molecule has 0 saturated carbocycles. The minimum atomic E-state index is -0.298. The molecule has 1 aromatic rings. The normalized spacial score (nSPS) is 12.9. The highest BCUT2D eigenvalue weighted by molar-refractivity contribution is 5.45. The standard InChI is InChI=1S/C14H22O/c1-6-7-13(15)14-11(4)9(2)8-10(3)12(14)5/h8,13,15H,6-7H2,1-5H3. The molecule has 0 aliphatic rings. The van der Waals surface area contributed by atoms with Crippen molar-refractivity contribution in [3.05, 3.63) is 33.9 Å². The number of benzene rings is 1. The van der Waals surface area contributed by atoms with Gasteiger partial charge in [0.25, 0.3) is 0 Å². The van der Waals surface area contributed by atoms with Crippen LogP contribution in [-0.4, -0.2) is 5.11 Å². The van der Waals surface area contributed by atoms with Crippen LogP contribution in [0.2, 0.25) is 0 Å². The molecule has 0 heterocycles. The topological polar surface area (TPSA) is 20.2 Å². The summed E-state index contributed by atoms with van der Waals surface area (Å²) in [5.74, 6) is 0. The Kier molecular flexibility index (Phi) is 3.92. The molecule has 1 nitrogen and oxygen atoms in total. The maximum absolute atomic E-state index is 10.1. The first-order valence-corrected chi connectivity index (χ1v) is 5.74. The second-order valence-electron chi connectivity index (χ2n) is 4.48. The summed E-state index contributed by atoms with van der Waals surface area (Å²) >= 11 is 0. The van der Waals surface area contributed by atoms with Crippen LogP contribution in [0.15, 0.2) is 6.07 Å². The van der Waals surface area contributed by atoms with Crippen LogP contribution >= 0.6 is 0 Å². The molecule has 0 aromatic heterocycles. The summed E-state index contributed by atoms with van der Waals surface area (Å²) in [6.45, 7) is 10.6. The minimum absolute atomic E-state index is 0.298. The Labute approximate surface area is 93.1 Å². The van der Waals surface area contributed by atoms with Gasteiger partial charge in [-0.05, 0) is 61.9 Å². The Morgan fingerprint density at radius 1 is 1.07 bits per heavy atom. The molecule has 0 aliphatic carbocycles. The maximum atomic E-state index is 10.1. The van der Waals surface area contributed by atoms with Crippen molar-refractivity contribution >= 4 is 0 Å². The number of aryl methyl sites for hydroxylation is 2. The van der Waals surface area contributed by atoms with Crippen molar-refractivity contribution in [2.24, 2.45) is 0 Å². The van der Waals surface area contributed by atoms with E-state index in [0.717, 1.165) is 18.4 Å². The molecule has 1 rings (SSSR count). The van der Waals surface area contributed by atoms with E-state index < -0.39 is 0 Å². The third-order valence-corrected chi connectivity index (χ3v) is 3.32. The van der Waals surface area contributed by atoms with Gasteiger partial charge in [-0.3, -0.25) is 0 Å². The van der Waals surface area contributed by atoms with E-state index in [9.17, 15) is 5.11 Å². The molecule has 1 N–H and O–H groups in total. The Balaban J connectivity index is 3.26. The van der Waals surface area contributed by atoms with E-state index in [0.29, 0.717) is 0 Å².